The van der Waals surface area contributed by atoms with Gasteiger partial charge < -0.3 is 4.74 Å². The van der Waals surface area contributed by atoms with Crippen molar-refractivity contribution >= 4 is 5.78 Å². The molecule has 0 saturated heterocycles. The van der Waals surface area contributed by atoms with Crippen LogP contribution in [0.5, 0.6) is 0 Å². The van der Waals surface area contributed by atoms with E-state index in [2.05, 4.69) is 0 Å². The van der Waals surface area contributed by atoms with Crippen molar-refractivity contribution in [2.75, 3.05) is 7.11 Å². The van der Waals surface area contributed by atoms with Crippen LogP contribution >= 0.6 is 0 Å². The lowest BCUT2D eigenvalue weighted by Gasteiger charge is -2.37. The number of ketones is 1. The lowest BCUT2D eigenvalue weighted by atomic mass is 9.71. The third-order valence-electron chi connectivity index (χ3n) is 2.59. The molecule has 2 nitrogen and oxygen atoms in total. The molecule has 0 unspecified atom stereocenters. The highest BCUT2D eigenvalue weighted by molar-refractivity contribution is 5.87. The highest BCUT2D eigenvalue weighted by Crippen LogP contribution is 2.35. The fourth-order valence-corrected chi connectivity index (χ4v) is 1.61. The van der Waals surface area contributed by atoms with Crippen LogP contribution in [0, 0.1) is 11.3 Å². The van der Waals surface area contributed by atoms with Crippen molar-refractivity contribution in [1.82, 2.24) is 0 Å². The molecule has 0 aromatic rings. The number of hydrogen-bond donors (Lipinski definition) is 0. The zero-order valence-corrected chi connectivity index (χ0v) is 8.39. The zero-order valence-electron chi connectivity index (χ0n) is 8.39. The summed E-state index contributed by atoms with van der Waals surface area (Å²) in [6.45, 7) is 5.92. The maximum absolute atomic E-state index is 11.7. The first-order valence-corrected chi connectivity index (χ1v) is 4.54. The van der Waals surface area contributed by atoms with Crippen molar-refractivity contribution in [3.05, 3.63) is 0 Å². The number of methoxy groups -OCH3 is 1. The second-order valence-corrected chi connectivity index (χ2v) is 4.57. The molecule has 0 N–H and O–H groups in total. The molecule has 70 valence electrons. The van der Waals surface area contributed by atoms with Crippen molar-refractivity contribution in [3.8, 4) is 0 Å². The first kappa shape index (κ1) is 9.72. The summed E-state index contributed by atoms with van der Waals surface area (Å²) in [7, 11) is 1.69. The quantitative estimate of drug-likeness (QED) is 0.633. The van der Waals surface area contributed by atoms with Crippen molar-refractivity contribution < 1.29 is 9.53 Å². The Hall–Kier alpha value is -0.370. The van der Waals surface area contributed by atoms with Gasteiger partial charge in [-0.15, -0.1) is 0 Å². The minimum absolute atomic E-state index is 0.162. The molecule has 0 spiro atoms. The summed E-state index contributed by atoms with van der Waals surface area (Å²) in [5.74, 6) is 0.510. The number of carbonyl (C=O) groups excluding carboxylic acids is 1. The van der Waals surface area contributed by atoms with E-state index < -0.39 is 0 Å². The maximum Gasteiger partial charge on any atom is 0.143 e. The Kier molecular flexibility index (Phi) is 2.57. The number of rotatable bonds is 2. The van der Waals surface area contributed by atoms with Crippen molar-refractivity contribution in [2.45, 2.75) is 39.7 Å². The molecule has 12 heavy (non-hydrogen) atoms. The monoisotopic (exact) mass is 170 g/mol. The molecule has 2 heteroatoms. The van der Waals surface area contributed by atoms with E-state index in [9.17, 15) is 4.79 Å². The normalized spacial score (nSPS) is 29.7. The zero-order chi connectivity index (χ0) is 9.35. The molecule has 1 aliphatic rings. The van der Waals surface area contributed by atoms with E-state index in [1.807, 2.05) is 20.8 Å². The summed E-state index contributed by atoms with van der Waals surface area (Å²) in [6, 6.07) is 0. The first-order chi connectivity index (χ1) is 5.46. The molecule has 0 heterocycles. The fraction of sp³-hybridized carbons (Fsp3) is 0.900. The lowest BCUT2D eigenvalue weighted by Crippen LogP contribution is -2.43. The van der Waals surface area contributed by atoms with Gasteiger partial charge in [0.2, 0.25) is 0 Å². The van der Waals surface area contributed by atoms with Crippen LogP contribution < -0.4 is 0 Å². The third-order valence-corrected chi connectivity index (χ3v) is 2.59. The van der Waals surface area contributed by atoms with Crippen LogP contribution in [-0.4, -0.2) is 19.0 Å². The van der Waals surface area contributed by atoms with E-state index in [1.165, 1.54) is 0 Å². The Morgan fingerprint density at radius 1 is 1.33 bits per heavy atom. The first-order valence-electron chi connectivity index (χ1n) is 4.54. The fourth-order valence-electron chi connectivity index (χ4n) is 1.61. The molecule has 0 amide bonds. The molecule has 0 aromatic heterocycles. The van der Waals surface area contributed by atoms with Gasteiger partial charge in [0.15, 0.2) is 0 Å². The van der Waals surface area contributed by atoms with Crippen molar-refractivity contribution in [1.29, 1.82) is 0 Å². The van der Waals surface area contributed by atoms with Gasteiger partial charge in [-0.25, -0.2) is 0 Å². The SMILES string of the molecule is CO[C@@H]1CC[C@H]1C(=O)C(C)(C)C. The van der Waals surface area contributed by atoms with Gasteiger partial charge in [0.1, 0.15) is 5.78 Å². The van der Waals surface area contributed by atoms with Gasteiger partial charge in [0.05, 0.1) is 6.10 Å². The standard InChI is InChI=1S/C10H18O2/c1-10(2,3)9(11)7-5-6-8(7)12-4/h7-8H,5-6H2,1-4H3/t7-,8-/m1/s1. The summed E-state index contributed by atoms with van der Waals surface area (Å²) in [5, 5.41) is 0. The Balaban J connectivity index is 2.54. The van der Waals surface area contributed by atoms with E-state index >= 15 is 0 Å². The topological polar surface area (TPSA) is 26.3 Å². The van der Waals surface area contributed by atoms with Gasteiger partial charge >= 0.3 is 0 Å². The average molecular weight is 170 g/mol. The summed E-state index contributed by atoms with van der Waals surface area (Å²) in [4.78, 5) is 11.7. The molecule has 1 fully saturated rings. The number of hydrogen-bond acceptors (Lipinski definition) is 2. The number of ether oxygens (including phenoxy) is 1. The minimum Gasteiger partial charge on any atom is -0.381 e. The van der Waals surface area contributed by atoms with Crippen LogP contribution in [-0.2, 0) is 9.53 Å². The van der Waals surface area contributed by atoms with Crippen LogP contribution in [0.3, 0.4) is 0 Å². The van der Waals surface area contributed by atoms with E-state index in [4.69, 9.17) is 4.74 Å². The van der Waals surface area contributed by atoms with Gasteiger partial charge in [0.25, 0.3) is 0 Å². The summed E-state index contributed by atoms with van der Waals surface area (Å²) < 4.78 is 5.19. The highest BCUT2D eigenvalue weighted by atomic mass is 16.5. The molecule has 0 bridgehead atoms. The maximum atomic E-state index is 11.7. The molecule has 0 aromatic carbocycles. The van der Waals surface area contributed by atoms with E-state index in [1.54, 1.807) is 7.11 Å². The van der Waals surface area contributed by atoms with Crippen LogP contribution in [0.2, 0.25) is 0 Å². The van der Waals surface area contributed by atoms with E-state index in [0.29, 0.717) is 5.78 Å². The molecule has 1 rings (SSSR count). The van der Waals surface area contributed by atoms with Crippen LogP contribution in [0.25, 0.3) is 0 Å². The van der Waals surface area contributed by atoms with E-state index in [0.717, 1.165) is 12.8 Å². The van der Waals surface area contributed by atoms with Crippen molar-refractivity contribution in [3.63, 3.8) is 0 Å². The molecule has 0 aliphatic heterocycles. The lowest BCUT2D eigenvalue weighted by molar-refractivity contribution is -0.141. The van der Waals surface area contributed by atoms with E-state index in [-0.39, 0.29) is 17.4 Å². The predicted octanol–water partition coefficient (Wildman–Crippen LogP) is 2.03. The summed E-state index contributed by atoms with van der Waals surface area (Å²) >= 11 is 0. The number of Topliss-reactive ketones (excluding diaryl/α,β-unsaturated/α-hetero) is 1. The molecule has 1 saturated carbocycles. The third kappa shape index (κ3) is 1.69. The van der Waals surface area contributed by atoms with Crippen LogP contribution in [0.15, 0.2) is 0 Å². The Morgan fingerprint density at radius 3 is 2.17 bits per heavy atom. The van der Waals surface area contributed by atoms with Gasteiger partial charge in [-0.2, -0.15) is 0 Å². The Labute approximate surface area is 74.3 Å². The minimum atomic E-state index is -0.206. The summed E-state index contributed by atoms with van der Waals surface area (Å²) in [6.07, 6.45) is 2.24. The van der Waals surface area contributed by atoms with Gasteiger partial charge in [0, 0.05) is 18.4 Å². The largest absolute Gasteiger partial charge is 0.381 e. The molecular weight excluding hydrogens is 152 g/mol. The molecular formula is C10H18O2. The summed E-state index contributed by atoms with van der Waals surface area (Å²) in [5.41, 5.74) is -0.206. The van der Waals surface area contributed by atoms with Crippen LogP contribution in [0.4, 0.5) is 0 Å². The second-order valence-electron chi connectivity index (χ2n) is 4.57. The molecule has 2 atom stereocenters. The Bertz CT molecular complexity index is 177. The average Bonchev–Trinajstić information content (AvgIpc) is 1.84. The van der Waals surface area contributed by atoms with Crippen molar-refractivity contribution in [2.24, 2.45) is 11.3 Å². The second kappa shape index (κ2) is 3.17. The van der Waals surface area contributed by atoms with Gasteiger partial charge in [-0.3, -0.25) is 4.79 Å². The highest BCUT2D eigenvalue weighted by Gasteiger charge is 2.40. The Morgan fingerprint density at radius 2 is 1.92 bits per heavy atom. The van der Waals surface area contributed by atoms with Gasteiger partial charge in [-0.1, -0.05) is 20.8 Å². The van der Waals surface area contributed by atoms with Crippen LogP contribution in [0.1, 0.15) is 33.6 Å². The molecule has 0 radical (unpaired) electrons. The molecule has 1 aliphatic carbocycles. The van der Waals surface area contributed by atoms with Gasteiger partial charge in [-0.05, 0) is 12.8 Å². The smallest absolute Gasteiger partial charge is 0.143 e. The predicted molar refractivity (Wildman–Crippen MR) is 48.0 cm³/mol. The number of carbonyl (C=O) groups is 1.